The average molecular weight is 424 g/mol. The molecule has 1 saturated carbocycles. The predicted octanol–water partition coefficient (Wildman–Crippen LogP) is 4.68. The molecule has 1 aromatic carbocycles. The second-order valence-electron chi connectivity index (χ2n) is 6.28. The number of aromatic hydroxyl groups is 1. The van der Waals surface area contributed by atoms with Gasteiger partial charge in [-0.15, -0.1) is 0 Å². The van der Waals surface area contributed by atoms with Crippen LogP contribution in [0.25, 0.3) is 0 Å². The van der Waals surface area contributed by atoms with Crippen LogP contribution in [0, 0.1) is 0 Å². The van der Waals surface area contributed by atoms with Crippen molar-refractivity contribution in [3.63, 3.8) is 0 Å². The van der Waals surface area contributed by atoms with Crippen LogP contribution in [0.4, 0.5) is 0 Å². The third kappa shape index (κ3) is 6.56. The molecule has 0 atom stereocenters. The fourth-order valence-corrected chi connectivity index (χ4v) is 3.96. The van der Waals surface area contributed by atoms with E-state index in [0.717, 1.165) is 10.8 Å². The molecule has 0 saturated heterocycles. The Morgan fingerprint density at radius 3 is 2.33 bits per heavy atom. The van der Waals surface area contributed by atoms with Crippen molar-refractivity contribution >= 4 is 36.5 Å². The SMILES string of the molecule is C[Si](C)(C)c1cccc(C=NC2CCCC2)c1O.[Cl][Zr][Cl]. The molecule has 21 heavy (non-hydrogen) atoms. The third-order valence-corrected chi connectivity index (χ3v) is 5.64. The fourth-order valence-electron chi connectivity index (χ4n) is 2.51. The molecule has 0 aliphatic heterocycles. The fraction of sp³-hybridized carbons (Fsp3) is 0.533. The van der Waals surface area contributed by atoms with Gasteiger partial charge in [0.1, 0.15) is 5.75 Å². The van der Waals surface area contributed by atoms with E-state index in [-0.39, 0.29) is 0 Å². The van der Waals surface area contributed by atoms with E-state index >= 15 is 0 Å². The number of hydrogen-bond donors (Lipinski definition) is 1. The second kappa shape index (κ2) is 9.50. The van der Waals surface area contributed by atoms with Gasteiger partial charge in [0.25, 0.3) is 0 Å². The molecule has 0 bridgehead atoms. The van der Waals surface area contributed by atoms with Crippen LogP contribution >= 0.6 is 17.0 Å². The molecule has 0 amide bonds. The van der Waals surface area contributed by atoms with Gasteiger partial charge in [-0.1, -0.05) is 44.6 Å². The Bertz CT molecular complexity index is 471. The van der Waals surface area contributed by atoms with Crippen molar-refractivity contribution < 1.29 is 26.0 Å². The molecule has 1 N–H and O–H groups in total. The number of phenols is 1. The predicted molar refractivity (Wildman–Crippen MR) is 92.6 cm³/mol. The van der Waals surface area contributed by atoms with Crippen LogP contribution in [0.2, 0.25) is 19.6 Å². The van der Waals surface area contributed by atoms with Crippen molar-refractivity contribution in [2.45, 2.75) is 51.4 Å². The molecular formula is C15H23Cl2NOSiZr. The van der Waals surface area contributed by atoms with E-state index in [1.165, 1.54) is 25.7 Å². The molecule has 0 aromatic heterocycles. The number of phenolic OH excluding ortho intramolecular Hbond substituents is 1. The van der Waals surface area contributed by atoms with Gasteiger partial charge in [-0.25, -0.2) is 0 Å². The van der Waals surface area contributed by atoms with Gasteiger partial charge in [0.15, 0.2) is 0 Å². The first-order chi connectivity index (χ1) is 9.90. The summed E-state index contributed by atoms with van der Waals surface area (Å²) in [5, 5.41) is 11.5. The number of para-hydroxylation sites is 1. The summed E-state index contributed by atoms with van der Waals surface area (Å²) in [4.78, 5) is 4.61. The molecular weight excluding hydrogens is 400 g/mol. The zero-order valence-electron chi connectivity index (χ0n) is 12.9. The maximum absolute atomic E-state index is 10.3. The van der Waals surface area contributed by atoms with Crippen LogP contribution in [0.3, 0.4) is 0 Å². The van der Waals surface area contributed by atoms with Crippen molar-refractivity contribution in [2.24, 2.45) is 4.99 Å². The summed E-state index contributed by atoms with van der Waals surface area (Å²) in [7, 11) is 8.39. The van der Waals surface area contributed by atoms with Crippen LogP contribution in [-0.2, 0) is 20.8 Å². The Hall–Kier alpha value is 0.370. The normalized spacial score (nSPS) is 15.9. The molecule has 1 aliphatic carbocycles. The molecule has 2 nitrogen and oxygen atoms in total. The molecule has 0 heterocycles. The number of hydrogen-bond acceptors (Lipinski definition) is 2. The van der Waals surface area contributed by atoms with Gasteiger partial charge in [-0.2, -0.15) is 0 Å². The van der Waals surface area contributed by atoms with Crippen LogP contribution in [0.5, 0.6) is 5.75 Å². The maximum atomic E-state index is 10.3. The molecule has 0 unspecified atom stereocenters. The van der Waals surface area contributed by atoms with E-state index < -0.39 is 28.9 Å². The topological polar surface area (TPSA) is 32.6 Å². The van der Waals surface area contributed by atoms with Gasteiger partial charge in [0.2, 0.25) is 0 Å². The minimum absolute atomic E-state index is 0.443. The van der Waals surface area contributed by atoms with Gasteiger partial charge in [0, 0.05) is 17.8 Å². The Kier molecular flexibility index (Phi) is 8.78. The van der Waals surface area contributed by atoms with E-state index in [9.17, 15) is 5.11 Å². The van der Waals surface area contributed by atoms with E-state index in [1.807, 2.05) is 18.3 Å². The summed E-state index contributed by atoms with van der Waals surface area (Å²) in [6.45, 7) is 6.75. The molecule has 116 valence electrons. The molecule has 0 radical (unpaired) electrons. The number of benzene rings is 1. The standard InChI is InChI=1S/C15H23NOSi.2ClH.Zr/c1-18(2,3)14-10-6-7-12(15(14)17)11-16-13-8-4-5-9-13;;;/h6-7,10-11,13,17H,4-5,8-9H2,1-3H3;2*1H;/q;;;+2/p-2. The Labute approximate surface area is 147 Å². The first-order valence-corrected chi connectivity index (χ1v) is 17.0. The zero-order valence-corrected chi connectivity index (χ0v) is 17.8. The molecule has 1 aromatic rings. The number of aliphatic imine (C=N–C) groups is 1. The summed E-state index contributed by atoms with van der Waals surface area (Å²) in [5.41, 5.74) is 0.877. The van der Waals surface area contributed by atoms with Gasteiger partial charge in [0.05, 0.1) is 8.07 Å². The van der Waals surface area contributed by atoms with Gasteiger partial charge in [-0.05, 0) is 24.1 Å². The van der Waals surface area contributed by atoms with E-state index in [1.54, 1.807) is 0 Å². The second-order valence-corrected chi connectivity index (χ2v) is 15.1. The Balaban J connectivity index is 0.000000677. The van der Waals surface area contributed by atoms with Gasteiger partial charge < -0.3 is 5.11 Å². The van der Waals surface area contributed by atoms with E-state index in [0.29, 0.717) is 11.8 Å². The van der Waals surface area contributed by atoms with Crippen molar-refractivity contribution in [3.8, 4) is 5.75 Å². The molecule has 6 heteroatoms. The van der Waals surface area contributed by atoms with E-state index in [2.05, 4.69) is 30.7 Å². The molecule has 0 spiro atoms. The van der Waals surface area contributed by atoms with Crippen molar-refractivity contribution in [1.82, 2.24) is 0 Å². The molecule has 2 rings (SSSR count). The minimum atomic E-state index is -1.48. The van der Waals surface area contributed by atoms with Crippen molar-refractivity contribution in [1.29, 1.82) is 0 Å². The van der Waals surface area contributed by atoms with Crippen molar-refractivity contribution in [2.75, 3.05) is 0 Å². The van der Waals surface area contributed by atoms with Crippen molar-refractivity contribution in [3.05, 3.63) is 23.8 Å². The molecule has 1 aliphatic rings. The first-order valence-electron chi connectivity index (χ1n) is 7.22. The first kappa shape index (κ1) is 19.4. The van der Waals surface area contributed by atoms with Crippen LogP contribution < -0.4 is 5.19 Å². The number of halogens is 2. The van der Waals surface area contributed by atoms with Gasteiger partial charge in [-0.3, -0.25) is 4.99 Å². The average Bonchev–Trinajstić information content (AvgIpc) is 2.90. The quantitative estimate of drug-likeness (QED) is 0.556. The van der Waals surface area contributed by atoms with E-state index in [4.69, 9.17) is 17.0 Å². The summed E-state index contributed by atoms with van der Waals surface area (Å²) < 4.78 is 0. The van der Waals surface area contributed by atoms with Crippen LogP contribution in [0.15, 0.2) is 23.2 Å². The van der Waals surface area contributed by atoms with Crippen LogP contribution in [-0.4, -0.2) is 25.4 Å². The molecule has 1 fully saturated rings. The monoisotopic (exact) mass is 421 g/mol. The Morgan fingerprint density at radius 1 is 1.24 bits per heavy atom. The number of rotatable bonds is 3. The summed E-state index contributed by atoms with van der Waals surface area (Å²) >= 11 is -0.826. The van der Waals surface area contributed by atoms with Gasteiger partial charge >= 0.3 is 37.9 Å². The number of nitrogens with zero attached hydrogens (tertiary/aromatic N) is 1. The summed E-state index contributed by atoms with van der Waals surface area (Å²) in [5.74, 6) is 0.443. The Morgan fingerprint density at radius 2 is 1.81 bits per heavy atom. The summed E-state index contributed by atoms with van der Waals surface area (Å²) in [6.07, 6.45) is 6.86. The summed E-state index contributed by atoms with van der Waals surface area (Å²) in [6, 6.07) is 6.51. The third-order valence-electron chi connectivity index (χ3n) is 3.62. The zero-order chi connectivity index (χ0) is 15.9. The van der Waals surface area contributed by atoms with Crippen LogP contribution in [0.1, 0.15) is 31.2 Å².